The Morgan fingerprint density at radius 2 is 1.80 bits per heavy atom. The largest absolute Gasteiger partial charge is 0.330 e. The molecule has 0 spiro atoms. The molecule has 2 N–H and O–H groups in total. The van der Waals surface area contributed by atoms with Gasteiger partial charge >= 0.3 is 6.03 Å². The van der Waals surface area contributed by atoms with E-state index in [9.17, 15) is 14.4 Å². The summed E-state index contributed by atoms with van der Waals surface area (Å²) >= 11 is 0. The van der Waals surface area contributed by atoms with Gasteiger partial charge in [-0.25, -0.2) is 4.79 Å². The third-order valence-corrected chi connectivity index (χ3v) is 6.49. The number of hydrogen-bond acceptors (Lipinski definition) is 3. The number of carbonyl (C=O) groups is 3. The van der Waals surface area contributed by atoms with E-state index in [1.807, 2.05) is 6.92 Å². The predicted molar refractivity (Wildman–Crippen MR) is 114 cm³/mol. The molecule has 2 heterocycles. The number of benzene rings is 2. The lowest BCUT2D eigenvalue weighted by atomic mass is 9.99. The number of carbonyl (C=O) groups excluding carboxylic acids is 3. The number of imide groups is 1. The van der Waals surface area contributed by atoms with Gasteiger partial charge < -0.3 is 15.1 Å². The Hall–Kier alpha value is -2.93. The van der Waals surface area contributed by atoms with Crippen LogP contribution < -0.4 is 10.2 Å². The first-order valence-electron chi connectivity index (χ1n) is 10.6. The quantitative estimate of drug-likeness (QED) is 0.717. The average Bonchev–Trinajstić information content (AvgIpc) is 2.98. The van der Waals surface area contributed by atoms with Gasteiger partial charge in [0.1, 0.15) is 18.6 Å². The number of quaternary nitrogens is 1. The van der Waals surface area contributed by atoms with Crippen LogP contribution in [0.25, 0.3) is 10.8 Å². The standard InChI is InChI=1S/C23H28N4O3/c1-3-23(2)21(29)27(22(30)24-23)16-20(28)26-13-11-25(12-14-26)15-18-9-6-8-17-7-4-5-10-19(17)18/h4-10H,3,11-16H2,1-2H3,(H,24,30)/p+1/t23-/m0/s1. The van der Waals surface area contributed by atoms with E-state index in [4.69, 9.17) is 0 Å². The van der Waals surface area contributed by atoms with E-state index in [0.29, 0.717) is 19.5 Å². The van der Waals surface area contributed by atoms with Gasteiger partial charge in [-0.3, -0.25) is 14.5 Å². The normalized spacial score (nSPS) is 22.6. The van der Waals surface area contributed by atoms with E-state index in [0.717, 1.165) is 24.5 Å². The Morgan fingerprint density at radius 3 is 2.50 bits per heavy atom. The summed E-state index contributed by atoms with van der Waals surface area (Å²) in [6.07, 6.45) is 0.498. The molecule has 0 saturated carbocycles. The summed E-state index contributed by atoms with van der Waals surface area (Å²) in [6.45, 7) is 7.25. The summed E-state index contributed by atoms with van der Waals surface area (Å²) in [4.78, 5) is 41.7. The minimum Gasteiger partial charge on any atom is -0.330 e. The Bertz CT molecular complexity index is 978. The number of piperazine rings is 1. The minimum atomic E-state index is -0.904. The molecule has 2 aromatic carbocycles. The molecule has 7 nitrogen and oxygen atoms in total. The SMILES string of the molecule is CC[C@]1(C)NC(=O)N(CC(=O)N2CC[NH+](Cc3cccc4ccccc34)CC2)C1=O. The van der Waals surface area contributed by atoms with E-state index < -0.39 is 11.6 Å². The second-order valence-corrected chi connectivity index (χ2v) is 8.45. The van der Waals surface area contributed by atoms with Crippen LogP contribution in [-0.4, -0.2) is 65.9 Å². The highest BCUT2D eigenvalue weighted by molar-refractivity contribution is 6.08. The van der Waals surface area contributed by atoms with Gasteiger partial charge in [0.25, 0.3) is 5.91 Å². The summed E-state index contributed by atoms with van der Waals surface area (Å²) in [5.41, 5.74) is 0.416. The van der Waals surface area contributed by atoms with Crippen molar-refractivity contribution in [2.24, 2.45) is 0 Å². The first-order chi connectivity index (χ1) is 14.4. The molecule has 0 radical (unpaired) electrons. The molecule has 7 heteroatoms. The van der Waals surface area contributed by atoms with E-state index >= 15 is 0 Å². The second-order valence-electron chi connectivity index (χ2n) is 8.45. The van der Waals surface area contributed by atoms with Gasteiger partial charge in [-0.1, -0.05) is 49.4 Å². The van der Waals surface area contributed by atoms with Crippen molar-refractivity contribution in [3.63, 3.8) is 0 Å². The summed E-state index contributed by atoms with van der Waals surface area (Å²) < 4.78 is 0. The van der Waals surface area contributed by atoms with Gasteiger partial charge in [-0.05, 0) is 24.1 Å². The van der Waals surface area contributed by atoms with Crippen LogP contribution >= 0.6 is 0 Å². The zero-order valence-electron chi connectivity index (χ0n) is 17.6. The van der Waals surface area contributed by atoms with Crippen LogP contribution in [0.5, 0.6) is 0 Å². The van der Waals surface area contributed by atoms with Crippen LogP contribution in [0.3, 0.4) is 0 Å². The maximum absolute atomic E-state index is 12.7. The fourth-order valence-corrected chi connectivity index (χ4v) is 4.33. The van der Waals surface area contributed by atoms with E-state index in [1.165, 1.54) is 21.2 Å². The highest BCUT2D eigenvalue weighted by atomic mass is 16.2. The number of amides is 4. The van der Waals surface area contributed by atoms with Crippen molar-refractivity contribution < 1.29 is 19.3 Å². The van der Waals surface area contributed by atoms with Crippen molar-refractivity contribution in [2.75, 3.05) is 32.7 Å². The Morgan fingerprint density at radius 1 is 1.10 bits per heavy atom. The van der Waals surface area contributed by atoms with Crippen molar-refractivity contribution in [3.8, 4) is 0 Å². The number of nitrogens with zero attached hydrogens (tertiary/aromatic N) is 2. The third-order valence-electron chi connectivity index (χ3n) is 6.49. The number of hydrogen-bond donors (Lipinski definition) is 2. The van der Waals surface area contributed by atoms with Gasteiger partial charge in [0.15, 0.2) is 0 Å². The lowest BCUT2D eigenvalue weighted by Gasteiger charge is -2.33. The molecule has 30 heavy (non-hydrogen) atoms. The molecule has 0 aromatic heterocycles. The van der Waals surface area contributed by atoms with E-state index in [-0.39, 0.29) is 18.4 Å². The van der Waals surface area contributed by atoms with Crippen molar-refractivity contribution in [1.82, 2.24) is 15.1 Å². The van der Waals surface area contributed by atoms with E-state index in [2.05, 4.69) is 47.8 Å². The summed E-state index contributed by atoms with van der Waals surface area (Å²) in [6, 6.07) is 14.3. The highest BCUT2D eigenvalue weighted by Gasteiger charge is 2.47. The van der Waals surface area contributed by atoms with Crippen molar-refractivity contribution in [3.05, 3.63) is 48.0 Å². The topological polar surface area (TPSA) is 74.2 Å². The molecule has 2 saturated heterocycles. The molecule has 2 aliphatic rings. The molecule has 2 fully saturated rings. The molecule has 4 rings (SSSR count). The van der Waals surface area contributed by atoms with Crippen LogP contribution in [0.4, 0.5) is 4.79 Å². The first kappa shape index (κ1) is 20.3. The molecule has 2 aliphatic heterocycles. The molecule has 4 amide bonds. The van der Waals surface area contributed by atoms with Gasteiger partial charge in [0.05, 0.1) is 26.2 Å². The summed E-state index contributed by atoms with van der Waals surface area (Å²) in [5.74, 6) is -0.480. The maximum Gasteiger partial charge on any atom is 0.325 e. The van der Waals surface area contributed by atoms with Gasteiger partial charge in [-0.2, -0.15) is 0 Å². The Labute approximate surface area is 176 Å². The van der Waals surface area contributed by atoms with Crippen molar-refractivity contribution in [1.29, 1.82) is 0 Å². The third kappa shape index (κ3) is 3.77. The molecular weight excluding hydrogens is 380 g/mol. The van der Waals surface area contributed by atoms with Crippen molar-refractivity contribution in [2.45, 2.75) is 32.4 Å². The highest BCUT2D eigenvalue weighted by Crippen LogP contribution is 2.21. The molecule has 0 aliphatic carbocycles. The fourth-order valence-electron chi connectivity index (χ4n) is 4.33. The lowest BCUT2D eigenvalue weighted by Crippen LogP contribution is -3.13. The van der Waals surface area contributed by atoms with Gasteiger partial charge in [0.2, 0.25) is 5.91 Å². The fraction of sp³-hybridized carbons (Fsp3) is 0.435. The smallest absolute Gasteiger partial charge is 0.325 e. The van der Waals surface area contributed by atoms with Crippen LogP contribution in [0.1, 0.15) is 25.8 Å². The predicted octanol–water partition coefficient (Wildman–Crippen LogP) is 0.787. The number of nitrogens with one attached hydrogen (secondary N) is 2. The zero-order valence-corrected chi connectivity index (χ0v) is 17.6. The molecule has 0 unspecified atom stereocenters. The summed E-state index contributed by atoms with van der Waals surface area (Å²) in [7, 11) is 0. The minimum absolute atomic E-state index is 0.164. The van der Waals surface area contributed by atoms with Gasteiger partial charge in [-0.15, -0.1) is 0 Å². The molecule has 0 bridgehead atoms. The van der Waals surface area contributed by atoms with Gasteiger partial charge in [0, 0.05) is 5.56 Å². The monoisotopic (exact) mass is 409 g/mol. The molecular formula is C23H29N4O3+. The van der Waals surface area contributed by atoms with Crippen molar-refractivity contribution >= 4 is 28.6 Å². The molecule has 1 atom stereocenters. The average molecular weight is 410 g/mol. The van der Waals surface area contributed by atoms with Crippen LogP contribution in [0.15, 0.2) is 42.5 Å². The van der Waals surface area contributed by atoms with Crippen LogP contribution in [-0.2, 0) is 16.1 Å². The Balaban J connectivity index is 1.34. The molecule has 158 valence electrons. The first-order valence-corrected chi connectivity index (χ1v) is 10.6. The van der Waals surface area contributed by atoms with Crippen LogP contribution in [0.2, 0.25) is 0 Å². The zero-order chi connectivity index (χ0) is 21.3. The molecule has 2 aromatic rings. The number of rotatable bonds is 5. The van der Waals surface area contributed by atoms with E-state index in [1.54, 1.807) is 11.8 Å². The lowest BCUT2D eigenvalue weighted by molar-refractivity contribution is -0.917. The number of fused-ring (bicyclic) bond motifs is 1. The second kappa shape index (κ2) is 8.07. The maximum atomic E-state index is 12.7. The summed E-state index contributed by atoms with van der Waals surface area (Å²) in [5, 5.41) is 5.23. The Kier molecular flexibility index (Phi) is 5.47. The van der Waals surface area contributed by atoms with Crippen LogP contribution in [0, 0.1) is 0 Å². The number of urea groups is 1.